The quantitative estimate of drug-likeness (QED) is 0.872. The van der Waals surface area contributed by atoms with E-state index in [1.54, 1.807) is 17.0 Å². The molecule has 1 aromatic heterocycles. The lowest BCUT2D eigenvalue weighted by Crippen LogP contribution is -2.31. The van der Waals surface area contributed by atoms with E-state index in [-0.39, 0.29) is 11.8 Å². The van der Waals surface area contributed by atoms with Crippen molar-refractivity contribution in [3.63, 3.8) is 0 Å². The maximum absolute atomic E-state index is 12.1. The highest BCUT2D eigenvalue weighted by Crippen LogP contribution is 2.19. The van der Waals surface area contributed by atoms with E-state index in [9.17, 15) is 9.59 Å². The minimum Gasteiger partial charge on any atom is -0.349 e. The Morgan fingerprint density at radius 2 is 2.05 bits per heavy atom. The molecule has 0 unspecified atom stereocenters. The topological polar surface area (TPSA) is 62.3 Å². The highest BCUT2D eigenvalue weighted by molar-refractivity contribution is 5.98. The summed E-state index contributed by atoms with van der Waals surface area (Å²) >= 11 is 0. The zero-order valence-corrected chi connectivity index (χ0v) is 11.3. The van der Waals surface area contributed by atoms with Gasteiger partial charge >= 0.3 is 0 Å². The fraction of sp³-hybridized carbons (Fsp3) is 0.500. The summed E-state index contributed by atoms with van der Waals surface area (Å²) in [4.78, 5) is 29.8. The Bertz CT molecular complexity index is 479. The van der Waals surface area contributed by atoms with Crippen molar-refractivity contribution in [2.45, 2.75) is 32.7 Å². The van der Waals surface area contributed by atoms with E-state index in [0.29, 0.717) is 30.4 Å². The molecule has 1 aromatic rings. The van der Waals surface area contributed by atoms with Crippen LogP contribution in [0.3, 0.4) is 0 Å². The Morgan fingerprint density at radius 3 is 2.63 bits per heavy atom. The molecule has 1 aliphatic carbocycles. The molecule has 0 aliphatic heterocycles. The minimum atomic E-state index is -0.133. The van der Waals surface area contributed by atoms with Crippen molar-refractivity contribution in [2.75, 3.05) is 13.1 Å². The van der Waals surface area contributed by atoms with Gasteiger partial charge in [0.15, 0.2) is 0 Å². The second-order valence-corrected chi connectivity index (χ2v) is 4.65. The molecule has 19 heavy (non-hydrogen) atoms. The summed E-state index contributed by atoms with van der Waals surface area (Å²) in [5.41, 5.74) is 0.824. The molecule has 5 nitrogen and oxygen atoms in total. The number of nitrogens with zero attached hydrogens (tertiary/aromatic N) is 2. The third kappa shape index (κ3) is 3.30. The maximum Gasteiger partial charge on any atom is 0.272 e. The first-order valence-corrected chi connectivity index (χ1v) is 6.71. The van der Waals surface area contributed by atoms with Crippen LogP contribution in [-0.4, -0.2) is 40.8 Å². The molecule has 102 valence electrons. The molecule has 2 amide bonds. The normalized spacial score (nSPS) is 14.0. The first-order valence-electron chi connectivity index (χ1n) is 6.71. The molecule has 1 heterocycles. The van der Waals surface area contributed by atoms with Crippen molar-refractivity contribution < 1.29 is 9.59 Å². The summed E-state index contributed by atoms with van der Waals surface area (Å²) in [6.07, 6.45) is 3.60. The minimum absolute atomic E-state index is 0.126. The number of carbonyl (C=O) groups excluding carboxylic acids is 2. The van der Waals surface area contributed by atoms with E-state index >= 15 is 0 Å². The van der Waals surface area contributed by atoms with Crippen LogP contribution in [0.1, 0.15) is 47.5 Å². The van der Waals surface area contributed by atoms with Gasteiger partial charge < -0.3 is 10.2 Å². The molecule has 5 heteroatoms. The zero-order valence-electron chi connectivity index (χ0n) is 11.3. The Labute approximate surface area is 113 Å². The summed E-state index contributed by atoms with van der Waals surface area (Å²) in [7, 11) is 0. The van der Waals surface area contributed by atoms with Crippen LogP contribution in [0.4, 0.5) is 0 Å². The third-order valence-electron chi connectivity index (χ3n) is 3.20. The van der Waals surface area contributed by atoms with Crippen LogP contribution in [0.25, 0.3) is 0 Å². The summed E-state index contributed by atoms with van der Waals surface area (Å²) < 4.78 is 0. The third-order valence-corrected chi connectivity index (χ3v) is 3.20. The number of carbonyl (C=O) groups is 2. The van der Waals surface area contributed by atoms with E-state index in [1.165, 1.54) is 6.20 Å². The summed E-state index contributed by atoms with van der Waals surface area (Å²) in [6, 6.07) is 3.51. The van der Waals surface area contributed by atoms with E-state index in [0.717, 1.165) is 12.8 Å². The number of hydrogen-bond acceptors (Lipinski definition) is 3. The molecular weight excluding hydrogens is 242 g/mol. The van der Waals surface area contributed by atoms with E-state index < -0.39 is 0 Å². The van der Waals surface area contributed by atoms with Gasteiger partial charge in [0.25, 0.3) is 11.8 Å². The predicted octanol–water partition coefficient (Wildman–Crippen LogP) is 1.46. The average Bonchev–Trinajstić information content (AvgIpc) is 3.24. The van der Waals surface area contributed by atoms with Crippen molar-refractivity contribution in [3.05, 3.63) is 29.6 Å². The van der Waals surface area contributed by atoms with Crippen molar-refractivity contribution in [1.82, 2.24) is 15.2 Å². The van der Waals surface area contributed by atoms with Gasteiger partial charge in [-0.3, -0.25) is 14.6 Å². The van der Waals surface area contributed by atoms with Crippen LogP contribution >= 0.6 is 0 Å². The van der Waals surface area contributed by atoms with Gasteiger partial charge in [-0.25, -0.2) is 0 Å². The van der Waals surface area contributed by atoms with Crippen LogP contribution in [-0.2, 0) is 0 Å². The predicted molar refractivity (Wildman–Crippen MR) is 72.0 cm³/mol. The molecular formula is C14H19N3O2. The van der Waals surface area contributed by atoms with Gasteiger partial charge in [-0.05, 0) is 38.8 Å². The van der Waals surface area contributed by atoms with Crippen LogP contribution in [0.2, 0.25) is 0 Å². The van der Waals surface area contributed by atoms with Crippen LogP contribution in [0.5, 0.6) is 0 Å². The molecule has 2 rings (SSSR count). The fourth-order valence-corrected chi connectivity index (χ4v) is 1.86. The molecule has 1 aliphatic rings. The lowest BCUT2D eigenvalue weighted by Gasteiger charge is -2.18. The first kappa shape index (κ1) is 13.5. The van der Waals surface area contributed by atoms with Crippen molar-refractivity contribution in [1.29, 1.82) is 0 Å². The van der Waals surface area contributed by atoms with Crippen LogP contribution < -0.4 is 5.32 Å². The molecule has 0 radical (unpaired) electrons. The number of nitrogens with one attached hydrogen (secondary N) is 1. The summed E-state index contributed by atoms with van der Waals surface area (Å²) in [5.74, 6) is -0.260. The Kier molecular flexibility index (Phi) is 4.14. The standard InChI is InChI=1S/C14H19N3O2/c1-3-17(4-2)14(19)12-9-10(7-8-15-12)13(18)16-11-5-6-11/h7-9,11H,3-6H2,1-2H3,(H,16,18). The fourth-order valence-electron chi connectivity index (χ4n) is 1.86. The van der Waals surface area contributed by atoms with Crippen LogP contribution in [0.15, 0.2) is 18.3 Å². The van der Waals surface area contributed by atoms with Crippen LogP contribution in [0, 0.1) is 0 Å². The zero-order chi connectivity index (χ0) is 13.8. The van der Waals surface area contributed by atoms with Gasteiger partial charge in [-0.15, -0.1) is 0 Å². The van der Waals surface area contributed by atoms with E-state index in [1.807, 2.05) is 13.8 Å². The molecule has 0 saturated heterocycles. The smallest absolute Gasteiger partial charge is 0.272 e. The largest absolute Gasteiger partial charge is 0.349 e. The second kappa shape index (κ2) is 5.82. The lowest BCUT2D eigenvalue weighted by molar-refractivity contribution is 0.0767. The SMILES string of the molecule is CCN(CC)C(=O)c1cc(C(=O)NC2CC2)ccn1. The molecule has 0 atom stereocenters. The highest BCUT2D eigenvalue weighted by Gasteiger charge is 2.24. The number of hydrogen-bond donors (Lipinski definition) is 1. The number of aromatic nitrogens is 1. The summed E-state index contributed by atoms with van der Waals surface area (Å²) in [5, 5.41) is 2.90. The van der Waals surface area contributed by atoms with E-state index in [2.05, 4.69) is 10.3 Å². The Balaban J connectivity index is 2.13. The van der Waals surface area contributed by atoms with Gasteiger partial charge in [-0.2, -0.15) is 0 Å². The molecule has 1 fully saturated rings. The first-order chi connectivity index (χ1) is 9.15. The van der Waals surface area contributed by atoms with Gasteiger partial charge in [0.2, 0.25) is 0 Å². The Morgan fingerprint density at radius 1 is 1.37 bits per heavy atom. The van der Waals surface area contributed by atoms with Crippen molar-refractivity contribution in [3.8, 4) is 0 Å². The lowest BCUT2D eigenvalue weighted by atomic mass is 10.2. The van der Waals surface area contributed by atoms with Gasteiger partial charge in [-0.1, -0.05) is 0 Å². The van der Waals surface area contributed by atoms with Crippen molar-refractivity contribution >= 4 is 11.8 Å². The number of rotatable bonds is 5. The van der Waals surface area contributed by atoms with Gasteiger partial charge in [0.05, 0.1) is 0 Å². The molecule has 1 saturated carbocycles. The second-order valence-electron chi connectivity index (χ2n) is 4.65. The molecule has 0 bridgehead atoms. The Hall–Kier alpha value is -1.91. The van der Waals surface area contributed by atoms with Gasteiger partial charge in [0.1, 0.15) is 5.69 Å². The molecule has 1 N–H and O–H groups in total. The average molecular weight is 261 g/mol. The number of amides is 2. The molecule has 0 spiro atoms. The molecule has 0 aromatic carbocycles. The monoisotopic (exact) mass is 261 g/mol. The maximum atomic E-state index is 12.1. The van der Waals surface area contributed by atoms with Crippen molar-refractivity contribution in [2.24, 2.45) is 0 Å². The summed E-state index contributed by atoms with van der Waals surface area (Å²) in [6.45, 7) is 5.11. The van der Waals surface area contributed by atoms with E-state index in [4.69, 9.17) is 0 Å². The van der Waals surface area contributed by atoms with Gasteiger partial charge in [0, 0.05) is 30.9 Å². The highest BCUT2D eigenvalue weighted by atomic mass is 16.2. The number of pyridine rings is 1.